The van der Waals surface area contributed by atoms with Gasteiger partial charge in [0.1, 0.15) is 5.65 Å². The average molecular weight is 276 g/mol. The fourth-order valence-corrected chi connectivity index (χ4v) is 2.14. The van der Waals surface area contributed by atoms with E-state index in [2.05, 4.69) is 41.7 Å². The van der Waals surface area contributed by atoms with Gasteiger partial charge in [0.15, 0.2) is 5.82 Å². The highest BCUT2D eigenvalue weighted by Gasteiger charge is 2.15. The second-order valence-electron chi connectivity index (χ2n) is 5.26. The van der Waals surface area contributed by atoms with Crippen LogP contribution in [0.15, 0.2) is 24.4 Å². The van der Waals surface area contributed by atoms with E-state index in [9.17, 15) is 0 Å². The van der Waals surface area contributed by atoms with E-state index in [1.54, 1.807) is 7.11 Å². The topological polar surface area (TPSA) is 41.8 Å². The number of aromatic nitrogens is 2. The van der Waals surface area contributed by atoms with Crippen LogP contribution in [0.25, 0.3) is 5.65 Å². The largest absolute Gasteiger partial charge is 0.383 e. The lowest BCUT2D eigenvalue weighted by Crippen LogP contribution is -2.27. The molecule has 0 aromatic carbocycles. The van der Waals surface area contributed by atoms with Crippen LogP contribution in [0.5, 0.6) is 0 Å². The maximum atomic E-state index is 5.15. The summed E-state index contributed by atoms with van der Waals surface area (Å²) in [7, 11) is 3.78. The van der Waals surface area contributed by atoms with Gasteiger partial charge in [-0.25, -0.2) is 4.98 Å². The molecule has 0 aliphatic heterocycles. The number of methoxy groups -OCH3 is 1. The second kappa shape index (κ2) is 6.72. The van der Waals surface area contributed by atoms with Gasteiger partial charge in [0.05, 0.1) is 12.3 Å². The van der Waals surface area contributed by atoms with Crippen molar-refractivity contribution in [3.8, 4) is 0 Å². The Morgan fingerprint density at radius 2 is 2.20 bits per heavy atom. The van der Waals surface area contributed by atoms with Crippen molar-refractivity contribution >= 4 is 11.5 Å². The number of imidazole rings is 1. The van der Waals surface area contributed by atoms with Gasteiger partial charge in [0.2, 0.25) is 0 Å². The number of anilines is 1. The zero-order chi connectivity index (χ0) is 14.5. The van der Waals surface area contributed by atoms with Crippen molar-refractivity contribution in [3.63, 3.8) is 0 Å². The number of hydrogen-bond acceptors (Lipinski definition) is 4. The van der Waals surface area contributed by atoms with Crippen LogP contribution in [0.2, 0.25) is 0 Å². The Kier molecular flexibility index (Phi) is 4.98. The molecule has 2 rings (SSSR count). The van der Waals surface area contributed by atoms with E-state index in [-0.39, 0.29) is 0 Å². The molecule has 110 valence electrons. The number of pyridine rings is 1. The summed E-state index contributed by atoms with van der Waals surface area (Å²) in [5.74, 6) is 1.02. The van der Waals surface area contributed by atoms with Gasteiger partial charge in [0, 0.05) is 39.5 Å². The molecule has 5 nitrogen and oxygen atoms in total. The van der Waals surface area contributed by atoms with Crippen molar-refractivity contribution in [3.05, 3.63) is 30.1 Å². The van der Waals surface area contributed by atoms with E-state index < -0.39 is 0 Å². The summed E-state index contributed by atoms with van der Waals surface area (Å²) in [6.45, 7) is 6.63. The molecule has 2 aromatic heterocycles. The number of rotatable bonds is 7. The van der Waals surface area contributed by atoms with Crippen LogP contribution in [0.1, 0.15) is 19.5 Å². The SMILES string of the molecule is COCCN(C)c1nc2ccccn2c1CNC(C)C. The molecular formula is C15H24N4O. The van der Waals surface area contributed by atoms with Crippen LogP contribution < -0.4 is 10.2 Å². The molecule has 0 bridgehead atoms. The van der Waals surface area contributed by atoms with Gasteiger partial charge in [-0.05, 0) is 12.1 Å². The van der Waals surface area contributed by atoms with Crippen molar-refractivity contribution in [1.29, 1.82) is 0 Å². The Hall–Kier alpha value is -1.59. The molecule has 2 heterocycles. The van der Waals surface area contributed by atoms with Crippen LogP contribution in [-0.2, 0) is 11.3 Å². The molecule has 0 spiro atoms. The minimum Gasteiger partial charge on any atom is -0.383 e. The summed E-state index contributed by atoms with van der Waals surface area (Å²) in [5.41, 5.74) is 2.17. The lowest BCUT2D eigenvalue weighted by Gasteiger charge is -2.18. The van der Waals surface area contributed by atoms with Crippen LogP contribution in [0.4, 0.5) is 5.82 Å². The van der Waals surface area contributed by atoms with E-state index in [4.69, 9.17) is 9.72 Å². The first kappa shape index (κ1) is 14.8. The smallest absolute Gasteiger partial charge is 0.152 e. The zero-order valence-electron chi connectivity index (χ0n) is 12.8. The van der Waals surface area contributed by atoms with Crippen molar-refractivity contribution in [1.82, 2.24) is 14.7 Å². The summed E-state index contributed by atoms with van der Waals surface area (Å²) in [6, 6.07) is 6.53. The van der Waals surface area contributed by atoms with Gasteiger partial charge < -0.3 is 19.4 Å². The standard InChI is InChI=1S/C15H24N4O/c1-12(2)16-11-13-15(18(3)9-10-20-4)17-14-7-5-6-8-19(13)14/h5-8,12,16H,9-11H2,1-4H3. The molecule has 0 saturated heterocycles. The Morgan fingerprint density at radius 1 is 1.40 bits per heavy atom. The number of fused-ring (bicyclic) bond motifs is 1. The number of hydrogen-bond donors (Lipinski definition) is 1. The summed E-state index contributed by atoms with van der Waals surface area (Å²) in [5, 5.41) is 3.47. The molecule has 5 heteroatoms. The van der Waals surface area contributed by atoms with Crippen LogP contribution >= 0.6 is 0 Å². The van der Waals surface area contributed by atoms with Gasteiger partial charge in [-0.2, -0.15) is 0 Å². The normalized spacial score (nSPS) is 11.4. The monoisotopic (exact) mass is 276 g/mol. The van der Waals surface area contributed by atoms with E-state index in [1.807, 2.05) is 18.2 Å². The summed E-state index contributed by atoms with van der Waals surface area (Å²) in [4.78, 5) is 6.88. The first-order chi connectivity index (χ1) is 9.63. The van der Waals surface area contributed by atoms with Crippen molar-refractivity contribution in [2.45, 2.75) is 26.4 Å². The fraction of sp³-hybridized carbons (Fsp3) is 0.533. The van der Waals surface area contributed by atoms with Gasteiger partial charge in [-0.1, -0.05) is 19.9 Å². The Labute approximate surface area is 120 Å². The van der Waals surface area contributed by atoms with Gasteiger partial charge in [-0.15, -0.1) is 0 Å². The maximum Gasteiger partial charge on any atom is 0.152 e. The molecule has 0 saturated carbocycles. The molecular weight excluding hydrogens is 252 g/mol. The van der Waals surface area contributed by atoms with Crippen LogP contribution in [0, 0.1) is 0 Å². The van der Waals surface area contributed by atoms with Gasteiger partial charge in [-0.3, -0.25) is 0 Å². The maximum absolute atomic E-state index is 5.15. The molecule has 20 heavy (non-hydrogen) atoms. The van der Waals surface area contributed by atoms with Crippen LogP contribution in [0.3, 0.4) is 0 Å². The molecule has 0 aliphatic carbocycles. The molecule has 0 amide bonds. The molecule has 0 atom stereocenters. The highest BCUT2D eigenvalue weighted by atomic mass is 16.5. The van der Waals surface area contributed by atoms with Crippen LogP contribution in [-0.4, -0.2) is 42.7 Å². The summed E-state index contributed by atoms with van der Waals surface area (Å²) in [6.07, 6.45) is 2.06. The molecule has 1 N–H and O–H groups in total. The molecule has 0 radical (unpaired) electrons. The molecule has 0 unspecified atom stereocenters. The highest BCUT2D eigenvalue weighted by molar-refractivity contribution is 5.55. The first-order valence-electron chi connectivity index (χ1n) is 7.03. The molecule has 2 aromatic rings. The minimum atomic E-state index is 0.446. The number of likely N-dealkylation sites (N-methyl/N-ethyl adjacent to an activating group) is 1. The lowest BCUT2D eigenvalue weighted by atomic mass is 10.3. The minimum absolute atomic E-state index is 0.446. The third-order valence-electron chi connectivity index (χ3n) is 3.28. The van der Waals surface area contributed by atoms with Crippen molar-refractivity contribution in [2.75, 3.05) is 32.2 Å². The second-order valence-corrected chi connectivity index (χ2v) is 5.26. The molecule has 0 fully saturated rings. The third kappa shape index (κ3) is 3.29. The number of nitrogens with one attached hydrogen (secondary N) is 1. The summed E-state index contributed by atoms with van der Waals surface area (Å²) < 4.78 is 7.30. The fourth-order valence-electron chi connectivity index (χ4n) is 2.14. The average Bonchev–Trinajstić information content (AvgIpc) is 2.81. The van der Waals surface area contributed by atoms with Crippen molar-refractivity contribution in [2.24, 2.45) is 0 Å². The van der Waals surface area contributed by atoms with Gasteiger partial charge in [0.25, 0.3) is 0 Å². The highest BCUT2D eigenvalue weighted by Crippen LogP contribution is 2.20. The quantitative estimate of drug-likeness (QED) is 0.839. The Balaban J connectivity index is 2.33. The zero-order valence-corrected chi connectivity index (χ0v) is 12.8. The van der Waals surface area contributed by atoms with E-state index in [1.165, 1.54) is 5.69 Å². The van der Waals surface area contributed by atoms with Crippen molar-refractivity contribution < 1.29 is 4.74 Å². The Morgan fingerprint density at radius 3 is 2.90 bits per heavy atom. The predicted octanol–water partition coefficient (Wildman–Crippen LogP) is 1.91. The Bertz CT molecular complexity index is 550. The summed E-state index contributed by atoms with van der Waals surface area (Å²) >= 11 is 0. The van der Waals surface area contributed by atoms with E-state index in [0.717, 1.165) is 24.6 Å². The lowest BCUT2D eigenvalue weighted by molar-refractivity contribution is 0.206. The number of nitrogens with zero attached hydrogens (tertiary/aromatic N) is 3. The first-order valence-corrected chi connectivity index (χ1v) is 7.03. The number of ether oxygens (including phenoxy) is 1. The van der Waals surface area contributed by atoms with E-state index >= 15 is 0 Å². The van der Waals surface area contributed by atoms with Gasteiger partial charge >= 0.3 is 0 Å². The van der Waals surface area contributed by atoms with E-state index in [0.29, 0.717) is 12.6 Å². The molecule has 0 aliphatic rings. The third-order valence-corrected chi connectivity index (χ3v) is 3.28. The predicted molar refractivity (Wildman–Crippen MR) is 82.3 cm³/mol.